The predicted octanol–water partition coefficient (Wildman–Crippen LogP) is 4.04. The summed E-state index contributed by atoms with van der Waals surface area (Å²) in [5, 5.41) is 2.67. The van der Waals surface area contributed by atoms with Crippen molar-refractivity contribution in [1.29, 1.82) is 0 Å². The zero-order valence-corrected chi connectivity index (χ0v) is 11.6. The monoisotopic (exact) mass is 305 g/mol. The van der Waals surface area contributed by atoms with Gasteiger partial charge in [0.1, 0.15) is 0 Å². The Hall–Kier alpha value is -2.56. The van der Waals surface area contributed by atoms with E-state index in [1.54, 1.807) is 0 Å². The molecule has 0 aliphatic carbocycles. The van der Waals surface area contributed by atoms with Crippen molar-refractivity contribution >= 4 is 12.0 Å². The third kappa shape index (κ3) is 4.77. The van der Waals surface area contributed by atoms with Gasteiger partial charge in [0.2, 0.25) is 5.91 Å². The quantitative estimate of drug-likeness (QED) is 0.849. The third-order valence-electron chi connectivity index (χ3n) is 2.95. The van der Waals surface area contributed by atoms with Crippen molar-refractivity contribution in [3.05, 3.63) is 77.4 Å². The van der Waals surface area contributed by atoms with E-state index in [0.717, 1.165) is 17.7 Å². The lowest BCUT2D eigenvalue weighted by molar-refractivity contribution is -0.137. The average molecular weight is 305 g/mol. The van der Waals surface area contributed by atoms with Crippen molar-refractivity contribution < 1.29 is 18.0 Å². The second-order valence-electron chi connectivity index (χ2n) is 4.66. The van der Waals surface area contributed by atoms with Gasteiger partial charge in [-0.3, -0.25) is 4.79 Å². The van der Waals surface area contributed by atoms with Gasteiger partial charge >= 0.3 is 6.18 Å². The van der Waals surface area contributed by atoms with E-state index < -0.39 is 11.7 Å². The van der Waals surface area contributed by atoms with Crippen molar-refractivity contribution in [2.24, 2.45) is 0 Å². The Kier molecular flexibility index (Phi) is 4.99. The lowest BCUT2D eigenvalue weighted by Gasteiger charge is -2.06. The summed E-state index contributed by atoms with van der Waals surface area (Å²) >= 11 is 0. The van der Waals surface area contributed by atoms with Gasteiger partial charge in [-0.05, 0) is 29.3 Å². The number of amides is 1. The van der Waals surface area contributed by atoms with Gasteiger partial charge in [0, 0.05) is 12.6 Å². The maximum Gasteiger partial charge on any atom is 0.416 e. The van der Waals surface area contributed by atoms with Crippen LogP contribution in [0.5, 0.6) is 0 Å². The van der Waals surface area contributed by atoms with Crippen LogP contribution in [-0.4, -0.2) is 5.91 Å². The fraction of sp³-hybridized carbons (Fsp3) is 0.118. The highest BCUT2D eigenvalue weighted by Crippen LogP contribution is 2.29. The van der Waals surface area contributed by atoms with E-state index in [9.17, 15) is 18.0 Å². The number of benzene rings is 2. The minimum absolute atomic E-state index is 0.324. The molecule has 2 aromatic carbocycles. The van der Waals surface area contributed by atoms with Crippen LogP contribution >= 0.6 is 0 Å². The van der Waals surface area contributed by atoms with Gasteiger partial charge in [-0.15, -0.1) is 0 Å². The molecule has 0 saturated heterocycles. The van der Waals surface area contributed by atoms with E-state index in [0.29, 0.717) is 12.1 Å². The van der Waals surface area contributed by atoms with Crippen molar-refractivity contribution in [2.45, 2.75) is 12.7 Å². The maximum atomic E-state index is 12.6. The highest BCUT2D eigenvalue weighted by molar-refractivity contribution is 5.91. The van der Waals surface area contributed by atoms with E-state index in [4.69, 9.17) is 0 Å². The molecule has 0 heterocycles. The molecule has 0 bridgehead atoms. The maximum absolute atomic E-state index is 12.6. The average Bonchev–Trinajstić information content (AvgIpc) is 2.51. The molecule has 0 aliphatic rings. The SMILES string of the molecule is O=C(C=Cc1cccc(C(F)(F)F)c1)NCc1ccccc1. The van der Waals surface area contributed by atoms with E-state index in [1.807, 2.05) is 30.3 Å². The summed E-state index contributed by atoms with van der Waals surface area (Å²) in [5.41, 5.74) is 0.535. The van der Waals surface area contributed by atoms with Crippen molar-refractivity contribution in [2.75, 3.05) is 0 Å². The van der Waals surface area contributed by atoms with Gasteiger partial charge in [0.25, 0.3) is 0 Å². The lowest BCUT2D eigenvalue weighted by Crippen LogP contribution is -2.20. The Bertz CT molecular complexity index is 663. The molecule has 1 amide bonds. The van der Waals surface area contributed by atoms with Crippen LogP contribution in [-0.2, 0) is 17.5 Å². The van der Waals surface area contributed by atoms with E-state index in [2.05, 4.69) is 5.32 Å². The number of carbonyl (C=O) groups is 1. The predicted molar refractivity (Wildman–Crippen MR) is 78.8 cm³/mol. The Labute approximate surface area is 126 Å². The van der Waals surface area contributed by atoms with Gasteiger partial charge < -0.3 is 5.32 Å². The highest BCUT2D eigenvalue weighted by Gasteiger charge is 2.30. The summed E-state index contributed by atoms with van der Waals surface area (Å²) in [4.78, 5) is 11.7. The first-order valence-corrected chi connectivity index (χ1v) is 6.62. The molecule has 0 saturated carbocycles. The molecular formula is C17H14F3NO. The number of nitrogens with one attached hydrogen (secondary N) is 1. The summed E-state index contributed by atoms with van der Waals surface area (Å²) in [6, 6.07) is 14.2. The van der Waals surface area contributed by atoms with Crippen molar-refractivity contribution in [1.82, 2.24) is 5.32 Å². The van der Waals surface area contributed by atoms with Crippen LogP contribution in [0.25, 0.3) is 6.08 Å². The molecule has 114 valence electrons. The fourth-order valence-electron chi connectivity index (χ4n) is 1.83. The topological polar surface area (TPSA) is 29.1 Å². The highest BCUT2D eigenvalue weighted by atomic mass is 19.4. The van der Waals surface area contributed by atoms with Crippen molar-refractivity contribution in [3.8, 4) is 0 Å². The zero-order chi connectivity index (χ0) is 16.0. The number of hydrogen-bond donors (Lipinski definition) is 1. The summed E-state index contributed by atoms with van der Waals surface area (Å²) in [7, 11) is 0. The van der Waals surface area contributed by atoms with Crippen molar-refractivity contribution in [3.63, 3.8) is 0 Å². The normalized spacial score (nSPS) is 11.6. The Morgan fingerprint density at radius 1 is 1.05 bits per heavy atom. The van der Waals surface area contributed by atoms with E-state index >= 15 is 0 Å². The molecule has 22 heavy (non-hydrogen) atoms. The first-order valence-electron chi connectivity index (χ1n) is 6.62. The van der Waals surface area contributed by atoms with Crippen LogP contribution in [0.3, 0.4) is 0 Å². The number of alkyl halides is 3. The van der Waals surface area contributed by atoms with Gasteiger partial charge in [-0.25, -0.2) is 0 Å². The summed E-state index contributed by atoms with van der Waals surface area (Å²) < 4.78 is 37.7. The molecule has 0 spiro atoms. The van der Waals surface area contributed by atoms with Crippen LogP contribution in [0, 0.1) is 0 Å². The molecule has 0 fully saturated rings. The minimum atomic E-state index is -4.39. The molecule has 1 N–H and O–H groups in total. The smallest absolute Gasteiger partial charge is 0.348 e. The van der Waals surface area contributed by atoms with Crippen LogP contribution in [0.15, 0.2) is 60.7 Å². The Balaban J connectivity index is 1.95. The largest absolute Gasteiger partial charge is 0.416 e. The third-order valence-corrected chi connectivity index (χ3v) is 2.95. The molecule has 0 unspecified atom stereocenters. The van der Waals surface area contributed by atoms with E-state index in [1.165, 1.54) is 24.3 Å². The molecule has 5 heteroatoms. The number of hydrogen-bond acceptors (Lipinski definition) is 1. The molecule has 0 aliphatic heterocycles. The second kappa shape index (κ2) is 6.93. The minimum Gasteiger partial charge on any atom is -0.348 e. The van der Waals surface area contributed by atoms with E-state index in [-0.39, 0.29) is 5.91 Å². The molecule has 0 atom stereocenters. The number of halogens is 3. The van der Waals surface area contributed by atoms with Crippen LogP contribution in [0.4, 0.5) is 13.2 Å². The molecule has 0 aromatic heterocycles. The van der Waals surface area contributed by atoms with Crippen LogP contribution < -0.4 is 5.32 Å². The Morgan fingerprint density at radius 3 is 2.45 bits per heavy atom. The van der Waals surface area contributed by atoms with Gasteiger partial charge in [-0.1, -0.05) is 42.5 Å². The first kappa shape index (κ1) is 15.8. The molecule has 0 radical (unpaired) electrons. The Morgan fingerprint density at radius 2 is 1.77 bits per heavy atom. The van der Waals surface area contributed by atoms with Crippen LogP contribution in [0.2, 0.25) is 0 Å². The lowest BCUT2D eigenvalue weighted by atomic mass is 10.1. The molecule has 2 nitrogen and oxygen atoms in total. The first-order chi connectivity index (χ1) is 10.4. The standard InChI is InChI=1S/C17H14F3NO/c18-17(19,20)15-8-4-7-13(11-15)9-10-16(22)21-12-14-5-2-1-3-6-14/h1-11H,12H2,(H,21,22). The van der Waals surface area contributed by atoms with Crippen LogP contribution in [0.1, 0.15) is 16.7 Å². The summed E-state index contributed by atoms with van der Waals surface area (Å²) in [6.45, 7) is 0.368. The molecule has 2 aromatic rings. The second-order valence-corrected chi connectivity index (χ2v) is 4.66. The summed E-state index contributed by atoms with van der Waals surface area (Å²) in [6.07, 6.45) is -1.81. The van der Waals surface area contributed by atoms with Gasteiger partial charge in [0.05, 0.1) is 5.56 Å². The molecule has 2 rings (SSSR count). The van der Waals surface area contributed by atoms with Gasteiger partial charge in [0.15, 0.2) is 0 Å². The summed E-state index contributed by atoms with van der Waals surface area (Å²) in [5.74, 6) is -0.360. The zero-order valence-electron chi connectivity index (χ0n) is 11.6. The number of carbonyl (C=O) groups excluding carboxylic acids is 1. The van der Waals surface area contributed by atoms with Gasteiger partial charge in [-0.2, -0.15) is 13.2 Å². The molecular weight excluding hydrogens is 291 g/mol. The fourth-order valence-corrected chi connectivity index (χ4v) is 1.83. The number of rotatable bonds is 4.